The van der Waals surface area contributed by atoms with Crippen molar-refractivity contribution < 1.29 is 35.0 Å². The summed E-state index contributed by atoms with van der Waals surface area (Å²) in [6.45, 7) is 0. The Labute approximate surface area is 126 Å². The molecule has 0 heterocycles. The molecular weight excluding hydrogens is 344 g/mol. The van der Waals surface area contributed by atoms with Gasteiger partial charge >= 0.3 is 24.7 Å². The summed E-state index contributed by atoms with van der Waals surface area (Å²) in [7, 11) is -12.1. The second-order valence-electron chi connectivity index (χ2n) is 6.57. The van der Waals surface area contributed by atoms with E-state index in [4.69, 9.17) is 4.55 Å². The van der Waals surface area contributed by atoms with E-state index < -0.39 is 36.1 Å². The van der Waals surface area contributed by atoms with Crippen LogP contribution in [-0.4, -0.2) is 31.9 Å². The minimum Gasteiger partial charge on any atom is -0.280 e. The highest BCUT2D eigenvalue weighted by atomic mass is 32.3. The molecule has 0 saturated heterocycles. The van der Waals surface area contributed by atoms with E-state index >= 15 is 0 Å². The number of hydrogen-bond donors (Lipinski definition) is 2. The summed E-state index contributed by atoms with van der Waals surface area (Å²) in [6, 6.07) is 0. The van der Waals surface area contributed by atoms with Gasteiger partial charge in [-0.1, -0.05) is 0 Å². The second-order valence-corrected chi connectivity index (χ2v) is 10.0. The second kappa shape index (κ2) is 4.38. The van der Waals surface area contributed by atoms with E-state index in [2.05, 4.69) is 0 Å². The number of alkyl halides is 2. The number of carbonyl (C=O) groups is 1. The monoisotopic (exact) mass is 359 g/mol. The van der Waals surface area contributed by atoms with Gasteiger partial charge in [0.2, 0.25) is 5.91 Å². The van der Waals surface area contributed by atoms with E-state index in [1.807, 2.05) is 0 Å². The zero-order valence-electron chi connectivity index (χ0n) is 11.3. The van der Waals surface area contributed by atoms with Gasteiger partial charge in [-0.2, -0.15) is 25.6 Å². The third-order valence-corrected chi connectivity index (χ3v) is 8.25. The minimum absolute atomic E-state index is 0.0502. The molecule has 126 valence electrons. The van der Waals surface area contributed by atoms with Crippen LogP contribution in [0.4, 0.5) is 8.78 Å². The third-order valence-electron chi connectivity index (χ3n) is 5.28. The molecule has 11 heteroatoms. The van der Waals surface area contributed by atoms with Crippen LogP contribution in [0, 0.1) is 23.2 Å². The van der Waals surface area contributed by atoms with E-state index in [1.165, 1.54) is 4.72 Å². The molecular formula is C11H15F2NO6S2. The maximum Gasteiger partial charge on any atom is 0.489 e. The summed E-state index contributed by atoms with van der Waals surface area (Å²) in [6.07, 6.45) is 3.36. The minimum atomic E-state index is -6.19. The lowest BCUT2D eigenvalue weighted by Gasteiger charge is -2.31. The molecule has 0 radical (unpaired) electrons. The van der Waals surface area contributed by atoms with Gasteiger partial charge in [0, 0.05) is 0 Å². The number of sulfonamides is 1. The van der Waals surface area contributed by atoms with Gasteiger partial charge in [0.15, 0.2) is 0 Å². The molecule has 4 rings (SSSR count). The number of nitrogens with one attached hydrogen (secondary N) is 1. The Balaban J connectivity index is 1.87. The van der Waals surface area contributed by atoms with Crippen molar-refractivity contribution in [3.8, 4) is 0 Å². The lowest BCUT2D eigenvalue weighted by atomic mass is 9.75. The maximum absolute atomic E-state index is 13.3. The standard InChI is InChI=1S/C11H15F2NO6S2/c12-11(13,22(18,19)20)21(16,17)14-9(15)10-4-6-1-7(5-10)3-8(10)2-6/h6-8H,1-5H2,(H,14,15)(H,18,19,20). The van der Waals surface area contributed by atoms with Crippen LogP contribution in [0.1, 0.15) is 32.1 Å². The Hall–Kier alpha value is -0.810. The van der Waals surface area contributed by atoms with Crippen LogP contribution in [0.25, 0.3) is 0 Å². The maximum atomic E-state index is 13.3. The molecule has 1 amide bonds. The van der Waals surface area contributed by atoms with Crippen molar-refractivity contribution in [2.24, 2.45) is 23.2 Å². The van der Waals surface area contributed by atoms with Gasteiger partial charge in [-0.15, -0.1) is 0 Å². The molecule has 0 aromatic carbocycles. The first-order valence-electron chi connectivity index (χ1n) is 6.81. The SMILES string of the molecule is O=C(NS(=O)(=O)C(F)(F)S(=O)(=O)O)C12CC3CC(CC1C3)C2. The average molecular weight is 359 g/mol. The zero-order valence-corrected chi connectivity index (χ0v) is 13.0. The molecule has 4 aliphatic rings. The van der Waals surface area contributed by atoms with Crippen LogP contribution in [0.15, 0.2) is 0 Å². The summed E-state index contributed by atoms with van der Waals surface area (Å²) >= 11 is 0. The molecule has 4 saturated carbocycles. The van der Waals surface area contributed by atoms with Gasteiger partial charge in [-0.25, -0.2) is 4.72 Å². The molecule has 0 spiro atoms. The van der Waals surface area contributed by atoms with E-state index in [0.717, 1.165) is 19.3 Å². The molecule has 0 aromatic heterocycles. The first kappa shape index (κ1) is 16.1. The molecule has 7 nitrogen and oxygen atoms in total. The first-order valence-corrected chi connectivity index (χ1v) is 9.73. The normalized spacial score (nSPS) is 37.5. The van der Waals surface area contributed by atoms with Gasteiger partial charge in [0.25, 0.3) is 0 Å². The highest BCUT2D eigenvalue weighted by Gasteiger charge is 2.64. The van der Waals surface area contributed by atoms with Gasteiger partial charge < -0.3 is 0 Å². The van der Waals surface area contributed by atoms with Crippen LogP contribution >= 0.6 is 0 Å². The number of halogens is 2. The van der Waals surface area contributed by atoms with Crippen LogP contribution in [0.5, 0.6) is 0 Å². The Morgan fingerprint density at radius 2 is 1.59 bits per heavy atom. The largest absolute Gasteiger partial charge is 0.489 e. The van der Waals surface area contributed by atoms with Crippen molar-refractivity contribution in [1.29, 1.82) is 0 Å². The lowest BCUT2D eigenvalue weighted by molar-refractivity contribution is -0.131. The van der Waals surface area contributed by atoms with E-state index in [1.54, 1.807) is 0 Å². The highest BCUT2D eigenvalue weighted by Crippen LogP contribution is 2.65. The van der Waals surface area contributed by atoms with Crippen molar-refractivity contribution >= 4 is 26.0 Å². The number of rotatable bonds is 4. The van der Waals surface area contributed by atoms with Crippen molar-refractivity contribution in [3.63, 3.8) is 0 Å². The summed E-state index contributed by atoms with van der Waals surface area (Å²) in [5.74, 6) is -0.558. The summed E-state index contributed by atoms with van der Waals surface area (Å²) < 4.78 is 75.0. The number of hydrogen-bond acceptors (Lipinski definition) is 5. The predicted molar refractivity (Wildman–Crippen MR) is 69.5 cm³/mol. The quantitative estimate of drug-likeness (QED) is 0.714. The highest BCUT2D eigenvalue weighted by molar-refractivity contribution is 8.06. The fraction of sp³-hybridized carbons (Fsp3) is 0.909. The number of amides is 1. The Kier molecular flexibility index (Phi) is 3.20. The Morgan fingerprint density at radius 3 is 2.05 bits per heavy atom. The van der Waals surface area contributed by atoms with Gasteiger partial charge in [-0.3, -0.25) is 9.35 Å². The number of carbonyl (C=O) groups excluding carboxylic acids is 1. The smallest absolute Gasteiger partial charge is 0.280 e. The molecule has 2 atom stereocenters. The third kappa shape index (κ3) is 2.01. The van der Waals surface area contributed by atoms with Crippen molar-refractivity contribution in [1.82, 2.24) is 4.72 Å². The molecule has 0 aliphatic heterocycles. The Bertz CT molecular complexity index is 718. The van der Waals surface area contributed by atoms with Gasteiger partial charge in [0.05, 0.1) is 5.41 Å². The van der Waals surface area contributed by atoms with Crippen molar-refractivity contribution in [3.05, 3.63) is 0 Å². The van der Waals surface area contributed by atoms with Crippen LogP contribution in [-0.2, 0) is 24.9 Å². The zero-order chi connectivity index (χ0) is 16.6. The molecule has 22 heavy (non-hydrogen) atoms. The van der Waals surface area contributed by atoms with Crippen LogP contribution in [0.3, 0.4) is 0 Å². The molecule has 4 fully saturated rings. The fourth-order valence-electron chi connectivity index (χ4n) is 4.59. The first-order chi connectivity index (χ1) is 9.89. The van der Waals surface area contributed by atoms with E-state index in [9.17, 15) is 30.4 Å². The topological polar surface area (TPSA) is 118 Å². The van der Waals surface area contributed by atoms with E-state index in [-0.39, 0.29) is 17.8 Å². The van der Waals surface area contributed by atoms with Gasteiger partial charge in [-0.05, 0) is 49.9 Å². The molecule has 0 aromatic rings. The van der Waals surface area contributed by atoms with Gasteiger partial charge in [0.1, 0.15) is 0 Å². The predicted octanol–water partition coefficient (Wildman–Crippen LogP) is 0.697. The Morgan fingerprint density at radius 1 is 1.09 bits per heavy atom. The molecule has 4 aliphatic carbocycles. The van der Waals surface area contributed by atoms with Crippen molar-refractivity contribution in [2.45, 2.75) is 36.7 Å². The fourth-order valence-corrected chi connectivity index (χ4v) is 6.39. The van der Waals surface area contributed by atoms with Crippen LogP contribution in [0.2, 0.25) is 0 Å². The summed E-state index contributed by atoms with van der Waals surface area (Å²) in [5, 5.41) is 0. The molecule has 4 bridgehead atoms. The van der Waals surface area contributed by atoms with Crippen molar-refractivity contribution in [2.75, 3.05) is 0 Å². The lowest BCUT2D eigenvalue weighted by Crippen LogP contribution is -2.52. The molecule has 2 unspecified atom stereocenters. The molecule has 2 N–H and O–H groups in total. The van der Waals surface area contributed by atoms with Crippen LogP contribution < -0.4 is 4.72 Å². The average Bonchev–Trinajstić information content (AvgIpc) is 2.73. The summed E-state index contributed by atoms with van der Waals surface area (Å²) in [4.78, 5) is 12.3. The summed E-state index contributed by atoms with van der Waals surface area (Å²) in [5.41, 5.74) is -1.00. The van der Waals surface area contributed by atoms with E-state index in [0.29, 0.717) is 12.8 Å².